The van der Waals surface area contributed by atoms with E-state index >= 15 is 0 Å². The van der Waals surface area contributed by atoms with Crippen LogP contribution in [0, 0.1) is 4.77 Å². The van der Waals surface area contributed by atoms with Crippen molar-refractivity contribution < 1.29 is 4.74 Å². The van der Waals surface area contributed by atoms with Crippen LogP contribution in [0.1, 0.15) is 25.5 Å². The Balaban J connectivity index is 2.68. The van der Waals surface area contributed by atoms with Crippen molar-refractivity contribution in [3.05, 3.63) is 40.9 Å². The van der Waals surface area contributed by atoms with E-state index in [4.69, 9.17) is 17.0 Å². The van der Waals surface area contributed by atoms with E-state index < -0.39 is 0 Å². The summed E-state index contributed by atoms with van der Waals surface area (Å²) in [6.45, 7) is 4.29. The number of para-hydroxylation sites is 2. The van der Waals surface area contributed by atoms with E-state index in [0.29, 0.717) is 10.7 Å². The zero-order valence-electron chi connectivity index (χ0n) is 10.2. The fourth-order valence-corrected chi connectivity index (χ4v) is 2.13. The minimum absolute atomic E-state index is 0.396. The molecule has 3 nitrogen and oxygen atoms in total. The first kappa shape index (κ1) is 11.9. The highest BCUT2D eigenvalue weighted by Gasteiger charge is 2.12. The molecule has 90 valence electrons. The van der Waals surface area contributed by atoms with Crippen LogP contribution in [-0.2, 0) is 0 Å². The average molecular weight is 248 g/mol. The van der Waals surface area contributed by atoms with E-state index in [0.717, 1.165) is 17.1 Å². The largest absolute Gasteiger partial charge is 0.495 e. The molecule has 4 heteroatoms. The van der Waals surface area contributed by atoms with Crippen molar-refractivity contribution in [3.8, 4) is 11.4 Å². The molecule has 0 fully saturated rings. The fraction of sp³-hybridized carbons (Fsp3) is 0.308. The van der Waals surface area contributed by atoms with Gasteiger partial charge in [-0.15, -0.1) is 0 Å². The van der Waals surface area contributed by atoms with Gasteiger partial charge in [0.1, 0.15) is 5.75 Å². The molecule has 1 aromatic carbocycles. The first-order chi connectivity index (χ1) is 8.15. The van der Waals surface area contributed by atoms with Gasteiger partial charge in [0.25, 0.3) is 0 Å². The predicted octanol–water partition coefficient (Wildman–Crippen LogP) is 3.67. The van der Waals surface area contributed by atoms with Crippen molar-refractivity contribution in [2.24, 2.45) is 0 Å². The molecule has 0 aliphatic carbocycles. The molecule has 0 saturated carbocycles. The highest BCUT2D eigenvalue weighted by atomic mass is 32.1. The van der Waals surface area contributed by atoms with Crippen molar-refractivity contribution in [1.29, 1.82) is 0 Å². The second-order valence-electron chi connectivity index (χ2n) is 4.18. The first-order valence-corrected chi connectivity index (χ1v) is 5.99. The number of rotatable bonds is 3. The maximum absolute atomic E-state index is 5.38. The summed E-state index contributed by atoms with van der Waals surface area (Å²) in [6.07, 6.45) is 1.96. The Labute approximate surface area is 106 Å². The molecule has 2 aromatic rings. The number of nitrogens with one attached hydrogen (secondary N) is 1. The Bertz CT molecular complexity index is 569. The molecule has 1 aromatic heterocycles. The van der Waals surface area contributed by atoms with Crippen LogP contribution in [0.15, 0.2) is 30.5 Å². The number of hydrogen-bond acceptors (Lipinski definition) is 2. The van der Waals surface area contributed by atoms with Gasteiger partial charge in [0.15, 0.2) is 4.77 Å². The predicted molar refractivity (Wildman–Crippen MR) is 71.6 cm³/mol. The molecule has 0 radical (unpaired) electrons. The summed E-state index contributed by atoms with van der Waals surface area (Å²) in [5.41, 5.74) is 2.13. The SMILES string of the molecule is COc1ccccc1-n1c(C(C)C)c[nH]c1=S. The lowest BCUT2D eigenvalue weighted by Crippen LogP contribution is -2.03. The van der Waals surface area contributed by atoms with Gasteiger partial charge in [-0.3, -0.25) is 4.57 Å². The Kier molecular flexibility index (Phi) is 3.33. The van der Waals surface area contributed by atoms with Crippen LogP contribution in [0.25, 0.3) is 5.69 Å². The number of benzene rings is 1. The van der Waals surface area contributed by atoms with Crippen LogP contribution >= 0.6 is 12.2 Å². The van der Waals surface area contributed by atoms with E-state index in [9.17, 15) is 0 Å². The molecule has 0 atom stereocenters. The lowest BCUT2D eigenvalue weighted by molar-refractivity contribution is 0.412. The second-order valence-corrected chi connectivity index (χ2v) is 4.57. The van der Waals surface area contributed by atoms with E-state index in [1.54, 1.807) is 7.11 Å². The van der Waals surface area contributed by atoms with Gasteiger partial charge in [0.05, 0.1) is 12.8 Å². The van der Waals surface area contributed by atoms with Crippen LogP contribution in [0.2, 0.25) is 0 Å². The minimum atomic E-state index is 0.396. The lowest BCUT2D eigenvalue weighted by atomic mass is 10.1. The molecule has 0 spiro atoms. The molecule has 0 aliphatic heterocycles. The summed E-state index contributed by atoms with van der Waals surface area (Å²) in [4.78, 5) is 3.09. The van der Waals surface area contributed by atoms with Crippen LogP contribution in [0.4, 0.5) is 0 Å². The number of methoxy groups -OCH3 is 1. The fourth-order valence-electron chi connectivity index (χ4n) is 1.87. The van der Waals surface area contributed by atoms with Crippen molar-refractivity contribution in [3.63, 3.8) is 0 Å². The average Bonchev–Trinajstić information content (AvgIpc) is 2.71. The normalized spacial score (nSPS) is 10.8. The van der Waals surface area contributed by atoms with Gasteiger partial charge in [0, 0.05) is 11.9 Å². The number of nitrogens with zero attached hydrogens (tertiary/aromatic N) is 1. The number of H-pyrrole nitrogens is 1. The Hall–Kier alpha value is -1.55. The summed E-state index contributed by atoms with van der Waals surface area (Å²) in [5, 5.41) is 0. The third-order valence-electron chi connectivity index (χ3n) is 2.72. The van der Waals surface area contributed by atoms with Gasteiger partial charge in [-0.25, -0.2) is 0 Å². The standard InChI is InChI=1S/C13H16N2OS/c1-9(2)11-8-14-13(17)15(11)10-6-4-5-7-12(10)16-3/h4-9H,1-3H3,(H,14,17). The summed E-state index contributed by atoms with van der Waals surface area (Å²) < 4.78 is 8.10. The zero-order chi connectivity index (χ0) is 12.4. The third kappa shape index (κ3) is 2.13. The molecule has 1 heterocycles. The van der Waals surface area contributed by atoms with Crippen LogP contribution in [0.3, 0.4) is 0 Å². The van der Waals surface area contributed by atoms with Gasteiger partial charge in [-0.05, 0) is 30.3 Å². The Morgan fingerprint density at radius 1 is 1.29 bits per heavy atom. The smallest absolute Gasteiger partial charge is 0.182 e. The summed E-state index contributed by atoms with van der Waals surface area (Å²) in [7, 11) is 1.67. The molecule has 0 bridgehead atoms. The number of imidazole rings is 1. The highest BCUT2D eigenvalue weighted by molar-refractivity contribution is 7.71. The van der Waals surface area contributed by atoms with Crippen LogP contribution in [-0.4, -0.2) is 16.7 Å². The molecule has 17 heavy (non-hydrogen) atoms. The summed E-state index contributed by atoms with van der Waals surface area (Å²) in [6, 6.07) is 7.88. The molecular formula is C13H16N2OS. The minimum Gasteiger partial charge on any atom is -0.495 e. The molecule has 0 aliphatic rings. The van der Waals surface area contributed by atoms with Gasteiger partial charge in [0.2, 0.25) is 0 Å². The zero-order valence-corrected chi connectivity index (χ0v) is 11.0. The molecule has 2 rings (SSSR count). The van der Waals surface area contributed by atoms with Gasteiger partial charge in [-0.1, -0.05) is 26.0 Å². The third-order valence-corrected chi connectivity index (χ3v) is 3.02. The maximum Gasteiger partial charge on any atom is 0.182 e. The maximum atomic E-state index is 5.38. The van der Waals surface area contributed by atoms with Gasteiger partial charge in [-0.2, -0.15) is 0 Å². The van der Waals surface area contributed by atoms with Crippen molar-refractivity contribution in [1.82, 2.24) is 9.55 Å². The molecule has 0 amide bonds. The van der Waals surface area contributed by atoms with E-state index in [2.05, 4.69) is 18.8 Å². The number of aromatic nitrogens is 2. The molecule has 0 saturated heterocycles. The van der Waals surface area contributed by atoms with Gasteiger partial charge >= 0.3 is 0 Å². The molecular weight excluding hydrogens is 232 g/mol. The second kappa shape index (κ2) is 4.75. The van der Waals surface area contributed by atoms with Gasteiger partial charge < -0.3 is 9.72 Å². The van der Waals surface area contributed by atoms with E-state index in [1.807, 2.05) is 35.0 Å². The Morgan fingerprint density at radius 3 is 2.65 bits per heavy atom. The van der Waals surface area contributed by atoms with E-state index in [-0.39, 0.29) is 0 Å². The topological polar surface area (TPSA) is 29.9 Å². The van der Waals surface area contributed by atoms with Crippen LogP contribution < -0.4 is 4.74 Å². The monoisotopic (exact) mass is 248 g/mol. The number of hydrogen-bond donors (Lipinski definition) is 1. The first-order valence-electron chi connectivity index (χ1n) is 5.59. The lowest BCUT2D eigenvalue weighted by Gasteiger charge is -2.14. The molecule has 0 unspecified atom stereocenters. The van der Waals surface area contributed by atoms with E-state index in [1.165, 1.54) is 0 Å². The van der Waals surface area contributed by atoms with Crippen molar-refractivity contribution in [2.45, 2.75) is 19.8 Å². The summed E-state index contributed by atoms with van der Waals surface area (Å²) >= 11 is 5.33. The number of ether oxygens (including phenoxy) is 1. The van der Waals surface area contributed by atoms with Crippen LogP contribution in [0.5, 0.6) is 5.75 Å². The number of aromatic amines is 1. The van der Waals surface area contributed by atoms with Crippen molar-refractivity contribution in [2.75, 3.05) is 7.11 Å². The quantitative estimate of drug-likeness (QED) is 0.840. The Morgan fingerprint density at radius 2 is 2.00 bits per heavy atom. The highest BCUT2D eigenvalue weighted by Crippen LogP contribution is 2.26. The summed E-state index contributed by atoms with van der Waals surface area (Å²) in [5.74, 6) is 1.22. The van der Waals surface area contributed by atoms with Crippen molar-refractivity contribution >= 4 is 12.2 Å². The molecule has 1 N–H and O–H groups in total.